The van der Waals surface area contributed by atoms with E-state index in [1.165, 1.54) is 17.0 Å². The molecule has 1 atom stereocenters. The predicted molar refractivity (Wildman–Crippen MR) is 171 cm³/mol. The highest BCUT2D eigenvalue weighted by molar-refractivity contribution is 7.92. The Morgan fingerprint density at radius 2 is 1.37 bits per heavy atom. The van der Waals surface area contributed by atoms with Gasteiger partial charge in [0.25, 0.3) is 10.0 Å². The highest BCUT2D eigenvalue weighted by Crippen LogP contribution is 2.25. The van der Waals surface area contributed by atoms with Gasteiger partial charge in [-0.3, -0.25) is 13.9 Å². The van der Waals surface area contributed by atoms with Gasteiger partial charge in [0.15, 0.2) is 0 Å². The van der Waals surface area contributed by atoms with Gasteiger partial charge in [-0.2, -0.15) is 0 Å². The van der Waals surface area contributed by atoms with Crippen LogP contribution in [0.3, 0.4) is 0 Å². The molecule has 4 aromatic carbocycles. The molecule has 0 unspecified atom stereocenters. The Labute approximate surface area is 255 Å². The number of aryl methyl sites for hydroxylation is 1. The molecule has 0 aliphatic rings. The van der Waals surface area contributed by atoms with Crippen molar-refractivity contribution in [1.82, 2.24) is 10.2 Å². The third-order valence-corrected chi connectivity index (χ3v) is 9.14. The number of hydrogen-bond donors (Lipinski definition) is 1. The smallest absolute Gasteiger partial charge is 0.264 e. The van der Waals surface area contributed by atoms with Crippen LogP contribution in [-0.2, 0) is 32.6 Å². The minimum absolute atomic E-state index is 0.0789. The Kier molecular flexibility index (Phi) is 11.1. The first-order valence-electron chi connectivity index (χ1n) is 14.6. The summed E-state index contributed by atoms with van der Waals surface area (Å²) in [5.74, 6) is -0.741. The van der Waals surface area contributed by atoms with Gasteiger partial charge in [0.2, 0.25) is 11.8 Å². The van der Waals surface area contributed by atoms with Gasteiger partial charge in [-0.25, -0.2) is 8.42 Å². The fraction of sp³-hybridized carbons (Fsp3) is 0.257. The normalized spacial score (nSPS) is 11.9. The van der Waals surface area contributed by atoms with Crippen LogP contribution in [0.2, 0.25) is 0 Å². The van der Waals surface area contributed by atoms with Crippen LogP contribution < -0.4 is 9.62 Å². The molecule has 0 aromatic heterocycles. The monoisotopic (exact) mass is 597 g/mol. The quantitative estimate of drug-likeness (QED) is 0.188. The predicted octanol–water partition coefficient (Wildman–Crippen LogP) is 5.75. The molecule has 43 heavy (non-hydrogen) atoms. The zero-order valence-corrected chi connectivity index (χ0v) is 25.5. The molecule has 4 aromatic rings. The molecule has 0 saturated carbocycles. The van der Waals surface area contributed by atoms with Crippen molar-refractivity contribution >= 4 is 27.5 Å². The summed E-state index contributed by atoms with van der Waals surface area (Å²) in [5, 5.41) is 3.02. The number of sulfonamides is 1. The van der Waals surface area contributed by atoms with E-state index in [0.29, 0.717) is 12.2 Å². The van der Waals surface area contributed by atoms with Gasteiger partial charge in [-0.05, 0) is 54.3 Å². The average Bonchev–Trinajstić information content (AvgIpc) is 3.03. The molecule has 2 amide bonds. The molecule has 0 aliphatic heterocycles. The van der Waals surface area contributed by atoms with E-state index in [4.69, 9.17) is 0 Å². The van der Waals surface area contributed by atoms with Gasteiger partial charge < -0.3 is 10.2 Å². The fourth-order valence-corrected chi connectivity index (χ4v) is 6.31. The second kappa shape index (κ2) is 15.2. The maximum atomic E-state index is 14.4. The van der Waals surface area contributed by atoms with Crippen molar-refractivity contribution in [3.8, 4) is 0 Å². The lowest BCUT2D eigenvalue weighted by Crippen LogP contribution is -2.53. The van der Waals surface area contributed by atoms with Gasteiger partial charge in [-0.15, -0.1) is 0 Å². The topological polar surface area (TPSA) is 86.8 Å². The third kappa shape index (κ3) is 8.32. The van der Waals surface area contributed by atoms with Crippen LogP contribution in [0.25, 0.3) is 0 Å². The van der Waals surface area contributed by atoms with Crippen LogP contribution in [0.4, 0.5) is 5.69 Å². The van der Waals surface area contributed by atoms with Crippen molar-refractivity contribution < 1.29 is 18.0 Å². The number of rotatable bonds is 14. The molecule has 7 nitrogen and oxygen atoms in total. The lowest BCUT2D eigenvalue weighted by Gasteiger charge is -2.34. The summed E-state index contributed by atoms with van der Waals surface area (Å²) in [6.45, 7) is 4.18. The average molecular weight is 598 g/mol. The maximum Gasteiger partial charge on any atom is 0.264 e. The summed E-state index contributed by atoms with van der Waals surface area (Å²) >= 11 is 0. The van der Waals surface area contributed by atoms with Gasteiger partial charge >= 0.3 is 0 Å². The summed E-state index contributed by atoms with van der Waals surface area (Å²) < 4.78 is 29.0. The van der Waals surface area contributed by atoms with Crippen LogP contribution in [-0.4, -0.2) is 44.3 Å². The number of unbranched alkanes of at least 4 members (excludes halogenated alkanes) is 1. The first-order chi connectivity index (χ1) is 20.8. The van der Waals surface area contributed by atoms with Crippen molar-refractivity contribution in [3.63, 3.8) is 0 Å². The van der Waals surface area contributed by atoms with Crippen LogP contribution in [0.15, 0.2) is 120 Å². The van der Waals surface area contributed by atoms with E-state index in [9.17, 15) is 18.0 Å². The summed E-state index contributed by atoms with van der Waals surface area (Å²) in [5.41, 5.74) is 3.12. The van der Waals surface area contributed by atoms with Gasteiger partial charge in [0.1, 0.15) is 12.6 Å². The number of benzene rings is 4. The number of nitrogens with one attached hydrogen (secondary N) is 1. The molecular formula is C35H39N3O4S. The molecule has 0 fully saturated rings. The zero-order valence-electron chi connectivity index (χ0n) is 24.7. The Hall–Kier alpha value is -4.43. The largest absolute Gasteiger partial charge is 0.354 e. The van der Waals surface area contributed by atoms with E-state index in [0.717, 1.165) is 33.8 Å². The standard InChI is InChI=1S/C35H39N3O4S/c1-3-4-24-36-35(40)33(25-29-17-8-5-9-18-29)37(26-30-19-15-14-16-28(30)2)34(39)27-38(31-20-10-6-11-21-31)43(41,42)32-22-12-7-13-23-32/h5-23,33H,3-4,24-27H2,1-2H3,(H,36,40)/t33-/m1/s1. The molecule has 0 radical (unpaired) electrons. The summed E-state index contributed by atoms with van der Waals surface area (Å²) in [6.07, 6.45) is 2.01. The number of para-hydroxylation sites is 1. The molecule has 0 bridgehead atoms. The van der Waals surface area contributed by atoms with Crippen molar-refractivity contribution in [2.75, 3.05) is 17.4 Å². The highest BCUT2D eigenvalue weighted by Gasteiger charge is 2.34. The van der Waals surface area contributed by atoms with Crippen LogP contribution >= 0.6 is 0 Å². The summed E-state index contributed by atoms with van der Waals surface area (Å²) in [4.78, 5) is 29.8. The van der Waals surface area contributed by atoms with Crippen molar-refractivity contribution in [2.45, 2.75) is 50.6 Å². The van der Waals surface area contributed by atoms with Crippen LogP contribution in [0.5, 0.6) is 0 Å². The second-order valence-corrected chi connectivity index (χ2v) is 12.3. The Bertz CT molecular complexity index is 1580. The second-order valence-electron chi connectivity index (χ2n) is 10.5. The Morgan fingerprint density at radius 3 is 2.00 bits per heavy atom. The molecule has 1 N–H and O–H groups in total. The van der Waals surface area contributed by atoms with Crippen molar-refractivity contribution in [1.29, 1.82) is 0 Å². The van der Waals surface area contributed by atoms with E-state index in [2.05, 4.69) is 5.32 Å². The number of amides is 2. The van der Waals surface area contributed by atoms with E-state index in [1.54, 1.807) is 48.5 Å². The fourth-order valence-electron chi connectivity index (χ4n) is 4.87. The van der Waals surface area contributed by atoms with E-state index in [1.807, 2.05) is 68.4 Å². The van der Waals surface area contributed by atoms with Gasteiger partial charge in [0, 0.05) is 19.5 Å². The summed E-state index contributed by atoms with van der Waals surface area (Å²) in [6, 6.07) is 33.1. The van der Waals surface area contributed by atoms with Crippen LogP contribution in [0.1, 0.15) is 36.5 Å². The SMILES string of the molecule is CCCCNC(=O)[C@@H](Cc1ccccc1)N(Cc1ccccc1C)C(=O)CN(c1ccccc1)S(=O)(=O)c1ccccc1. The van der Waals surface area contributed by atoms with Crippen molar-refractivity contribution in [2.24, 2.45) is 0 Å². The Balaban J connectivity index is 1.77. The minimum atomic E-state index is -4.10. The van der Waals surface area contributed by atoms with E-state index in [-0.39, 0.29) is 23.8 Å². The Morgan fingerprint density at radius 1 is 0.791 bits per heavy atom. The number of hydrogen-bond acceptors (Lipinski definition) is 4. The first-order valence-corrected chi connectivity index (χ1v) is 16.0. The lowest BCUT2D eigenvalue weighted by molar-refractivity contribution is -0.140. The third-order valence-electron chi connectivity index (χ3n) is 7.36. The van der Waals surface area contributed by atoms with E-state index < -0.39 is 28.5 Å². The van der Waals surface area contributed by atoms with Crippen molar-refractivity contribution in [3.05, 3.63) is 132 Å². The number of anilines is 1. The molecule has 0 aliphatic carbocycles. The molecule has 0 spiro atoms. The molecule has 0 saturated heterocycles. The van der Waals surface area contributed by atoms with Crippen LogP contribution in [0, 0.1) is 6.92 Å². The summed E-state index contributed by atoms with van der Waals surface area (Å²) in [7, 11) is -4.10. The zero-order chi connectivity index (χ0) is 30.7. The van der Waals surface area contributed by atoms with Gasteiger partial charge in [-0.1, -0.05) is 104 Å². The lowest BCUT2D eigenvalue weighted by atomic mass is 10.0. The molecule has 224 valence electrons. The highest BCUT2D eigenvalue weighted by atomic mass is 32.2. The molecule has 0 heterocycles. The molecule has 4 rings (SSSR count). The molecule has 8 heteroatoms. The number of nitrogens with zero attached hydrogens (tertiary/aromatic N) is 2. The maximum absolute atomic E-state index is 14.4. The number of carbonyl (C=O) groups is 2. The minimum Gasteiger partial charge on any atom is -0.354 e. The number of carbonyl (C=O) groups excluding carboxylic acids is 2. The molecular weight excluding hydrogens is 558 g/mol. The van der Waals surface area contributed by atoms with Gasteiger partial charge in [0.05, 0.1) is 10.6 Å². The van der Waals surface area contributed by atoms with E-state index >= 15 is 0 Å². The first kappa shape index (κ1) is 31.5.